The van der Waals surface area contributed by atoms with E-state index in [0.29, 0.717) is 31.5 Å². The van der Waals surface area contributed by atoms with Crippen molar-refractivity contribution in [2.45, 2.75) is 45.7 Å². The van der Waals surface area contributed by atoms with Crippen molar-refractivity contribution in [1.82, 2.24) is 9.80 Å². The third kappa shape index (κ3) is 4.14. The number of para-hydroxylation sites is 1. The number of carbonyl (C=O) groups excluding carboxylic acids is 2. The topological polar surface area (TPSA) is 49.9 Å². The van der Waals surface area contributed by atoms with E-state index in [1.54, 1.807) is 7.11 Å². The maximum atomic E-state index is 13.1. The number of ether oxygens (including phenoxy) is 1. The summed E-state index contributed by atoms with van der Waals surface area (Å²) in [5.41, 5.74) is 1.02. The fraction of sp³-hybridized carbons (Fsp3) is 0.600. The highest BCUT2D eigenvalue weighted by Crippen LogP contribution is 2.33. The summed E-state index contributed by atoms with van der Waals surface area (Å²) in [6.45, 7) is 6.05. The maximum Gasteiger partial charge on any atom is 0.228 e. The van der Waals surface area contributed by atoms with E-state index in [2.05, 4.69) is 13.8 Å². The Balaban J connectivity index is 1.71. The predicted octanol–water partition coefficient (Wildman–Crippen LogP) is 2.69. The first-order valence-corrected chi connectivity index (χ1v) is 9.19. The van der Waals surface area contributed by atoms with Crippen LogP contribution in [-0.2, 0) is 16.1 Å². The van der Waals surface area contributed by atoms with Gasteiger partial charge in [-0.1, -0.05) is 32.0 Å². The van der Waals surface area contributed by atoms with E-state index in [1.807, 2.05) is 34.1 Å². The van der Waals surface area contributed by atoms with Gasteiger partial charge in [-0.05, 0) is 24.8 Å². The molecule has 1 aromatic carbocycles. The summed E-state index contributed by atoms with van der Waals surface area (Å²) in [6.07, 6.45) is 2.45. The average molecular weight is 344 g/mol. The third-order valence-corrected chi connectivity index (χ3v) is 4.95. The van der Waals surface area contributed by atoms with Gasteiger partial charge in [-0.3, -0.25) is 9.59 Å². The second-order valence-corrected chi connectivity index (χ2v) is 7.60. The molecule has 0 aromatic heterocycles. The monoisotopic (exact) mass is 344 g/mol. The Bertz CT molecular complexity index is 640. The Hall–Kier alpha value is -2.04. The predicted molar refractivity (Wildman–Crippen MR) is 96.1 cm³/mol. The van der Waals surface area contributed by atoms with Gasteiger partial charge in [0.2, 0.25) is 11.8 Å². The molecule has 0 spiro atoms. The summed E-state index contributed by atoms with van der Waals surface area (Å²) in [5, 5.41) is 0. The summed E-state index contributed by atoms with van der Waals surface area (Å²) in [5.74, 6) is 1.26. The van der Waals surface area contributed by atoms with Crippen molar-refractivity contribution in [3.05, 3.63) is 29.8 Å². The van der Waals surface area contributed by atoms with Gasteiger partial charge < -0.3 is 14.5 Å². The van der Waals surface area contributed by atoms with Crippen LogP contribution in [0.2, 0.25) is 0 Å². The average Bonchev–Trinajstić information content (AvgIpc) is 3.36. The Morgan fingerprint density at radius 2 is 2.04 bits per heavy atom. The van der Waals surface area contributed by atoms with Crippen LogP contribution in [0.3, 0.4) is 0 Å². The summed E-state index contributed by atoms with van der Waals surface area (Å²) >= 11 is 0. The molecule has 2 amide bonds. The smallest absolute Gasteiger partial charge is 0.228 e. The standard InChI is InChI=1S/C20H28N2O3/c1-14(2)11-21-12-16(10-19(21)23)20(24)22(17-8-9-17)13-15-6-4-5-7-18(15)25-3/h4-7,14,16-17H,8-13H2,1-3H3. The van der Waals surface area contributed by atoms with E-state index in [9.17, 15) is 9.59 Å². The molecule has 0 bridgehead atoms. The highest BCUT2D eigenvalue weighted by molar-refractivity contribution is 5.89. The molecule has 1 saturated heterocycles. The van der Waals surface area contributed by atoms with E-state index >= 15 is 0 Å². The number of rotatable bonds is 7. The lowest BCUT2D eigenvalue weighted by Crippen LogP contribution is -2.39. The number of likely N-dealkylation sites (tertiary alicyclic amines) is 1. The Morgan fingerprint density at radius 3 is 2.68 bits per heavy atom. The van der Waals surface area contributed by atoms with E-state index in [4.69, 9.17) is 4.74 Å². The van der Waals surface area contributed by atoms with Gasteiger partial charge in [0, 0.05) is 37.7 Å². The number of methoxy groups -OCH3 is 1. The molecule has 5 heteroatoms. The molecule has 3 rings (SSSR count). The number of nitrogens with zero attached hydrogens (tertiary/aromatic N) is 2. The third-order valence-electron chi connectivity index (χ3n) is 4.95. The molecule has 25 heavy (non-hydrogen) atoms. The molecule has 2 fully saturated rings. The highest BCUT2D eigenvalue weighted by Gasteiger charge is 2.41. The van der Waals surface area contributed by atoms with Crippen molar-refractivity contribution < 1.29 is 14.3 Å². The lowest BCUT2D eigenvalue weighted by Gasteiger charge is -2.26. The van der Waals surface area contributed by atoms with Crippen LogP contribution in [0.5, 0.6) is 5.75 Å². The van der Waals surface area contributed by atoms with Gasteiger partial charge in [0.05, 0.1) is 13.0 Å². The lowest BCUT2D eigenvalue weighted by molar-refractivity contribution is -0.137. The molecule has 1 saturated carbocycles. The summed E-state index contributed by atoms with van der Waals surface area (Å²) in [7, 11) is 1.65. The fourth-order valence-electron chi connectivity index (χ4n) is 3.58. The lowest BCUT2D eigenvalue weighted by atomic mass is 10.1. The summed E-state index contributed by atoms with van der Waals surface area (Å²) in [4.78, 5) is 29.2. The molecule has 0 radical (unpaired) electrons. The molecule has 1 aliphatic heterocycles. The van der Waals surface area contributed by atoms with Crippen LogP contribution < -0.4 is 4.74 Å². The van der Waals surface area contributed by atoms with Gasteiger partial charge >= 0.3 is 0 Å². The Morgan fingerprint density at radius 1 is 1.32 bits per heavy atom. The largest absolute Gasteiger partial charge is 0.496 e. The van der Waals surface area contributed by atoms with Crippen molar-refractivity contribution >= 4 is 11.8 Å². The van der Waals surface area contributed by atoms with Gasteiger partial charge in [-0.2, -0.15) is 0 Å². The summed E-state index contributed by atoms with van der Waals surface area (Å²) < 4.78 is 5.43. The van der Waals surface area contributed by atoms with Gasteiger partial charge in [0.15, 0.2) is 0 Å². The van der Waals surface area contributed by atoms with Crippen molar-refractivity contribution in [2.75, 3.05) is 20.2 Å². The van der Waals surface area contributed by atoms with Gasteiger partial charge in [0.1, 0.15) is 5.75 Å². The van der Waals surface area contributed by atoms with Crippen LogP contribution in [0, 0.1) is 11.8 Å². The molecule has 1 aliphatic carbocycles. The quantitative estimate of drug-likeness (QED) is 0.764. The zero-order chi connectivity index (χ0) is 18.0. The van der Waals surface area contributed by atoms with E-state index in [-0.39, 0.29) is 17.7 Å². The number of hydrogen-bond acceptors (Lipinski definition) is 3. The number of hydrogen-bond donors (Lipinski definition) is 0. The highest BCUT2D eigenvalue weighted by atomic mass is 16.5. The first kappa shape index (κ1) is 17.8. The number of carbonyl (C=O) groups is 2. The molecule has 1 unspecified atom stereocenters. The second-order valence-electron chi connectivity index (χ2n) is 7.60. The van der Waals surface area contributed by atoms with Gasteiger partial charge in [0.25, 0.3) is 0 Å². The molecule has 1 aromatic rings. The zero-order valence-corrected chi connectivity index (χ0v) is 15.4. The van der Waals surface area contributed by atoms with Gasteiger partial charge in [-0.25, -0.2) is 0 Å². The molecule has 0 N–H and O–H groups in total. The number of amides is 2. The van der Waals surface area contributed by atoms with Crippen molar-refractivity contribution in [3.8, 4) is 5.75 Å². The van der Waals surface area contributed by atoms with E-state index < -0.39 is 0 Å². The van der Waals surface area contributed by atoms with Crippen LogP contribution in [-0.4, -0.2) is 47.9 Å². The van der Waals surface area contributed by atoms with E-state index in [0.717, 1.165) is 30.7 Å². The minimum Gasteiger partial charge on any atom is -0.496 e. The normalized spacial score (nSPS) is 20.2. The Labute approximate surface area is 149 Å². The zero-order valence-electron chi connectivity index (χ0n) is 15.4. The molecule has 2 aliphatic rings. The molecule has 5 nitrogen and oxygen atoms in total. The molecule has 1 heterocycles. The number of benzene rings is 1. The summed E-state index contributed by atoms with van der Waals surface area (Å²) in [6, 6.07) is 8.15. The Kier molecular flexibility index (Phi) is 5.30. The van der Waals surface area contributed by atoms with E-state index in [1.165, 1.54) is 0 Å². The fourth-order valence-corrected chi connectivity index (χ4v) is 3.58. The first-order chi connectivity index (χ1) is 12.0. The SMILES string of the molecule is COc1ccccc1CN(C(=O)C1CC(=O)N(CC(C)C)C1)C1CC1. The van der Waals surface area contributed by atoms with Crippen LogP contribution in [0.15, 0.2) is 24.3 Å². The van der Waals surface area contributed by atoms with Crippen molar-refractivity contribution in [3.63, 3.8) is 0 Å². The molecule has 1 atom stereocenters. The van der Waals surface area contributed by atoms with Crippen LogP contribution in [0.25, 0.3) is 0 Å². The van der Waals surface area contributed by atoms with Crippen molar-refractivity contribution in [2.24, 2.45) is 11.8 Å². The molecular formula is C20H28N2O3. The maximum absolute atomic E-state index is 13.1. The van der Waals surface area contributed by atoms with Crippen LogP contribution in [0.4, 0.5) is 0 Å². The first-order valence-electron chi connectivity index (χ1n) is 9.19. The van der Waals surface area contributed by atoms with Crippen LogP contribution in [0.1, 0.15) is 38.7 Å². The minimum absolute atomic E-state index is 0.111. The van der Waals surface area contributed by atoms with Gasteiger partial charge in [-0.15, -0.1) is 0 Å². The molecule has 136 valence electrons. The van der Waals surface area contributed by atoms with Crippen molar-refractivity contribution in [1.29, 1.82) is 0 Å². The second kappa shape index (κ2) is 7.46. The van der Waals surface area contributed by atoms with Crippen LogP contribution >= 0.6 is 0 Å². The molecular weight excluding hydrogens is 316 g/mol. The minimum atomic E-state index is -0.207.